The van der Waals surface area contributed by atoms with Gasteiger partial charge in [-0.25, -0.2) is 8.42 Å². The van der Waals surface area contributed by atoms with Gasteiger partial charge in [0.25, 0.3) is 0 Å². The Bertz CT molecular complexity index is 933. The van der Waals surface area contributed by atoms with Crippen LogP contribution in [-0.4, -0.2) is 71.4 Å². The summed E-state index contributed by atoms with van der Waals surface area (Å²) in [5, 5.41) is 8.35. The first-order chi connectivity index (χ1) is 15.8. The molecule has 2 amide bonds. The number of hydrogen-bond donors (Lipinski definition) is 3. The molecule has 194 valence electrons. The van der Waals surface area contributed by atoms with Crippen LogP contribution in [0.25, 0.3) is 0 Å². The molecule has 3 atom stereocenters. The summed E-state index contributed by atoms with van der Waals surface area (Å²) in [5.74, 6) is -2.07. The Balaban J connectivity index is 3.17. The van der Waals surface area contributed by atoms with Crippen LogP contribution < -0.4 is 16.0 Å². The first kappa shape index (κ1) is 30.3. The molecular formula is C22H38N3O7PS. The SMILES string of the molecule is CNC(=O)C(Cc1ccccc1)NC(=O)[C@H](CC(C)C)N[C@H](CCS(C)(=O)=O)P(=O)(OC)OC. The molecule has 0 bridgehead atoms. The number of hydrogen-bond acceptors (Lipinski definition) is 8. The number of rotatable bonds is 15. The molecule has 1 aromatic rings. The Morgan fingerprint density at radius 1 is 1.03 bits per heavy atom. The highest BCUT2D eigenvalue weighted by atomic mass is 32.2. The summed E-state index contributed by atoms with van der Waals surface area (Å²) in [6, 6.07) is 7.58. The number of nitrogens with one attached hydrogen (secondary N) is 3. The van der Waals surface area contributed by atoms with Crippen LogP contribution in [0.15, 0.2) is 30.3 Å². The smallest absolute Gasteiger partial charge is 0.346 e. The van der Waals surface area contributed by atoms with Crippen molar-refractivity contribution >= 4 is 29.2 Å². The van der Waals surface area contributed by atoms with E-state index in [4.69, 9.17) is 9.05 Å². The fraction of sp³-hybridized carbons (Fsp3) is 0.636. The predicted molar refractivity (Wildman–Crippen MR) is 132 cm³/mol. The van der Waals surface area contributed by atoms with Crippen molar-refractivity contribution in [3.8, 4) is 0 Å². The van der Waals surface area contributed by atoms with Crippen molar-refractivity contribution < 1.29 is 31.6 Å². The number of benzene rings is 1. The number of carbonyl (C=O) groups excluding carboxylic acids is 2. The van der Waals surface area contributed by atoms with Gasteiger partial charge in [-0.15, -0.1) is 0 Å². The van der Waals surface area contributed by atoms with E-state index in [0.29, 0.717) is 6.42 Å². The average molecular weight is 520 g/mol. The van der Waals surface area contributed by atoms with E-state index in [-0.39, 0.29) is 30.4 Å². The maximum absolute atomic E-state index is 13.3. The second-order valence-corrected chi connectivity index (χ2v) is 13.2. The van der Waals surface area contributed by atoms with Crippen molar-refractivity contribution in [1.29, 1.82) is 0 Å². The third-order valence-electron chi connectivity index (χ3n) is 5.23. The normalized spacial score (nSPS) is 14.9. The van der Waals surface area contributed by atoms with Crippen molar-refractivity contribution in [1.82, 2.24) is 16.0 Å². The summed E-state index contributed by atoms with van der Waals surface area (Å²) >= 11 is 0. The molecule has 0 aromatic heterocycles. The third kappa shape index (κ3) is 10.2. The van der Waals surface area contributed by atoms with Gasteiger partial charge in [-0.1, -0.05) is 44.2 Å². The lowest BCUT2D eigenvalue weighted by Gasteiger charge is -2.30. The number of carbonyl (C=O) groups is 2. The molecule has 0 radical (unpaired) electrons. The highest BCUT2D eigenvalue weighted by Gasteiger charge is 2.38. The quantitative estimate of drug-likeness (QED) is 0.298. The van der Waals surface area contributed by atoms with Crippen LogP contribution in [0.3, 0.4) is 0 Å². The van der Waals surface area contributed by atoms with Gasteiger partial charge < -0.3 is 19.7 Å². The molecule has 1 aromatic carbocycles. The van der Waals surface area contributed by atoms with Gasteiger partial charge in [0, 0.05) is 33.9 Å². The van der Waals surface area contributed by atoms with E-state index in [1.165, 1.54) is 21.3 Å². The topological polar surface area (TPSA) is 140 Å². The number of likely N-dealkylation sites (N-methyl/N-ethyl adjacent to an activating group) is 1. The van der Waals surface area contributed by atoms with E-state index < -0.39 is 41.2 Å². The zero-order valence-electron chi connectivity index (χ0n) is 20.7. The predicted octanol–water partition coefficient (Wildman–Crippen LogP) is 1.71. The molecule has 0 aliphatic heterocycles. The number of amides is 2. The molecule has 0 heterocycles. The zero-order valence-corrected chi connectivity index (χ0v) is 22.4. The lowest BCUT2D eigenvalue weighted by molar-refractivity contribution is -0.130. The lowest BCUT2D eigenvalue weighted by Crippen LogP contribution is -2.55. The van der Waals surface area contributed by atoms with Crippen molar-refractivity contribution in [3.63, 3.8) is 0 Å². The van der Waals surface area contributed by atoms with Gasteiger partial charge >= 0.3 is 7.60 Å². The fourth-order valence-electron chi connectivity index (χ4n) is 3.45. The van der Waals surface area contributed by atoms with Gasteiger partial charge in [0.05, 0.1) is 11.8 Å². The van der Waals surface area contributed by atoms with E-state index in [0.717, 1.165) is 11.8 Å². The van der Waals surface area contributed by atoms with Crippen LogP contribution in [-0.2, 0) is 39.5 Å². The van der Waals surface area contributed by atoms with Crippen LogP contribution >= 0.6 is 7.60 Å². The molecule has 1 unspecified atom stereocenters. The molecular weight excluding hydrogens is 481 g/mol. The molecule has 1 rings (SSSR count). The van der Waals surface area contributed by atoms with Gasteiger partial charge in [-0.3, -0.25) is 19.5 Å². The van der Waals surface area contributed by atoms with Crippen LogP contribution in [0.2, 0.25) is 0 Å². The molecule has 3 N–H and O–H groups in total. The highest BCUT2D eigenvalue weighted by molar-refractivity contribution is 7.90. The summed E-state index contributed by atoms with van der Waals surface area (Å²) in [5.41, 5.74) is 0.874. The maximum Gasteiger partial charge on any atom is 0.346 e. The third-order valence-corrected chi connectivity index (χ3v) is 8.40. The molecule has 0 aliphatic rings. The Kier molecular flexibility index (Phi) is 12.4. The van der Waals surface area contributed by atoms with Crippen LogP contribution in [0.5, 0.6) is 0 Å². The van der Waals surface area contributed by atoms with Crippen LogP contribution in [0.4, 0.5) is 0 Å². The molecule has 12 heteroatoms. The van der Waals surface area contributed by atoms with Crippen LogP contribution in [0.1, 0.15) is 32.3 Å². The Labute approximate surface area is 203 Å². The minimum atomic E-state index is -3.76. The van der Waals surface area contributed by atoms with Gasteiger partial charge in [0.15, 0.2) is 0 Å². The minimum absolute atomic E-state index is 0.0656. The number of sulfone groups is 1. The average Bonchev–Trinajstić information content (AvgIpc) is 2.79. The Morgan fingerprint density at radius 3 is 2.09 bits per heavy atom. The van der Waals surface area contributed by atoms with E-state index in [2.05, 4.69) is 16.0 Å². The summed E-state index contributed by atoms with van der Waals surface area (Å²) in [6.07, 6.45) is 1.63. The fourth-order valence-corrected chi connectivity index (χ4v) is 5.75. The van der Waals surface area contributed by atoms with E-state index in [1.54, 1.807) is 0 Å². The lowest BCUT2D eigenvalue weighted by atomic mass is 10.0. The standard InChI is InChI=1S/C22H38N3O7PS/c1-16(2)14-18(24-20(12-13-34(6,29)30)33(28,31-4)32-5)22(27)25-19(21(26)23-3)15-17-10-8-7-9-11-17/h7-11,16,18-20,24H,12-15H2,1-6H3,(H,23,26)(H,25,27)/t18-,19?,20-/m0/s1. The van der Waals surface area contributed by atoms with Crippen molar-refractivity contribution in [2.75, 3.05) is 33.3 Å². The van der Waals surface area contributed by atoms with E-state index >= 15 is 0 Å². The molecule has 0 saturated heterocycles. The summed E-state index contributed by atoms with van der Waals surface area (Å²) < 4.78 is 46.8. The molecule has 0 aliphatic carbocycles. The van der Waals surface area contributed by atoms with Crippen molar-refractivity contribution in [2.45, 2.75) is 51.0 Å². The second kappa shape index (κ2) is 13.9. The first-order valence-electron chi connectivity index (χ1n) is 11.1. The zero-order chi connectivity index (χ0) is 25.9. The molecule has 0 spiro atoms. The Hall–Kier alpha value is -1.78. The molecule has 0 fully saturated rings. The summed E-state index contributed by atoms with van der Waals surface area (Å²) in [7, 11) is -3.23. The first-order valence-corrected chi connectivity index (χ1v) is 14.7. The maximum atomic E-state index is 13.3. The minimum Gasteiger partial charge on any atom is -0.357 e. The summed E-state index contributed by atoms with van der Waals surface area (Å²) in [4.78, 5) is 25.8. The molecule has 10 nitrogen and oxygen atoms in total. The monoisotopic (exact) mass is 519 g/mol. The van der Waals surface area contributed by atoms with E-state index in [9.17, 15) is 22.6 Å². The summed E-state index contributed by atoms with van der Waals surface area (Å²) in [6.45, 7) is 3.83. The largest absolute Gasteiger partial charge is 0.357 e. The highest BCUT2D eigenvalue weighted by Crippen LogP contribution is 2.52. The second-order valence-electron chi connectivity index (χ2n) is 8.55. The Morgan fingerprint density at radius 2 is 1.62 bits per heavy atom. The van der Waals surface area contributed by atoms with Gasteiger partial charge in [-0.05, 0) is 24.3 Å². The van der Waals surface area contributed by atoms with Crippen molar-refractivity contribution in [3.05, 3.63) is 35.9 Å². The molecule has 34 heavy (non-hydrogen) atoms. The van der Waals surface area contributed by atoms with E-state index in [1.807, 2.05) is 44.2 Å². The van der Waals surface area contributed by atoms with Gasteiger partial charge in [0.1, 0.15) is 21.7 Å². The van der Waals surface area contributed by atoms with Gasteiger partial charge in [-0.2, -0.15) is 0 Å². The van der Waals surface area contributed by atoms with Crippen molar-refractivity contribution in [2.24, 2.45) is 5.92 Å². The van der Waals surface area contributed by atoms with Crippen LogP contribution in [0, 0.1) is 5.92 Å². The van der Waals surface area contributed by atoms with Gasteiger partial charge in [0.2, 0.25) is 11.8 Å². The molecule has 0 saturated carbocycles.